The van der Waals surface area contributed by atoms with E-state index >= 15 is 0 Å². The van der Waals surface area contributed by atoms with Gasteiger partial charge in [-0.05, 0) is 55.3 Å². The number of carbonyl (C=O) groups is 1. The van der Waals surface area contributed by atoms with E-state index in [1.807, 2.05) is 13.8 Å². The average molecular weight is 457 g/mol. The van der Waals surface area contributed by atoms with Crippen molar-refractivity contribution in [2.45, 2.75) is 20.0 Å². The van der Waals surface area contributed by atoms with Crippen LogP contribution in [-0.4, -0.2) is 30.8 Å². The number of aryl methyl sites for hydroxylation is 2. The second kappa shape index (κ2) is 8.14. The van der Waals surface area contributed by atoms with Crippen molar-refractivity contribution >= 4 is 51.6 Å². The molecule has 8 nitrogen and oxygen atoms in total. The lowest BCUT2D eigenvalue weighted by molar-refractivity contribution is -0.124. The van der Waals surface area contributed by atoms with Crippen LogP contribution in [-0.2, 0) is 4.79 Å². The third kappa shape index (κ3) is 4.05. The van der Waals surface area contributed by atoms with E-state index in [0.717, 1.165) is 5.56 Å². The lowest BCUT2D eigenvalue weighted by atomic mass is 10.1. The molecule has 10 heteroatoms. The molecule has 2 heterocycles. The molecule has 0 spiro atoms. The van der Waals surface area contributed by atoms with Crippen molar-refractivity contribution in [2.24, 2.45) is 0 Å². The number of nitrogens with one attached hydrogen (secondary N) is 1. The van der Waals surface area contributed by atoms with Crippen LogP contribution in [0.4, 0.5) is 11.5 Å². The van der Waals surface area contributed by atoms with E-state index in [9.17, 15) is 9.90 Å². The van der Waals surface area contributed by atoms with E-state index in [1.54, 1.807) is 41.1 Å². The Hall–Kier alpha value is -3.20. The Morgan fingerprint density at radius 2 is 1.94 bits per heavy atom. The van der Waals surface area contributed by atoms with Crippen molar-refractivity contribution < 1.29 is 9.90 Å². The molecule has 0 unspecified atom stereocenters. The molecule has 0 saturated carbocycles. The highest BCUT2D eigenvalue weighted by Gasteiger charge is 2.20. The van der Waals surface area contributed by atoms with Crippen LogP contribution in [0.15, 0.2) is 42.7 Å². The van der Waals surface area contributed by atoms with Crippen LogP contribution in [0.3, 0.4) is 0 Å². The monoisotopic (exact) mass is 456 g/mol. The lowest BCUT2D eigenvalue weighted by Crippen LogP contribution is -2.21. The summed E-state index contributed by atoms with van der Waals surface area (Å²) in [6, 6.07) is 9.89. The van der Waals surface area contributed by atoms with Crippen molar-refractivity contribution in [3.05, 3.63) is 69.6 Å². The van der Waals surface area contributed by atoms with E-state index in [1.165, 1.54) is 6.33 Å². The van der Waals surface area contributed by atoms with E-state index < -0.39 is 12.0 Å². The maximum Gasteiger partial charge on any atom is 0.257 e. The van der Waals surface area contributed by atoms with Gasteiger partial charge in [-0.3, -0.25) is 4.79 Å². The third-order valence-corrected chi connectivity index (χ3v) is 5.25. The fourth-order valence-electron chi connectivity index (χ4n) is 3.33. The van der Waals surface area contributed by atoms with Crippen LogP contribution >= 0.6 is 23.2 Å². The molecular formula is C21H18Cl2N6O2. The Balaban J connectivity index is 1.62. The summed E-state index contributed by atoms with van der Waals surface area (Å²) >= 11 is 12.5. The van der Waals surface area contributed by atoms with Crippen LogP contribution in [0.5, 0.6) is 0 Å². The van der Waals surface area contributed by atoms with E-state index in [2.05, 4.69) is 20.4 Å². The molecule has 2 aromatic heterocycles. The second-order valence-corrected chi connectivity index (χ2v) is 7.92. The highest BCUT2D eigenvalue weighted by Crippen LogP contribution is 2.30. The molecule has 31 heavy (non-hydrogen) atoms. The summed E-state index contributed by atoms with van der Waals surface area (Å²) < 4.78 is 1.57. The van der Waals surface area contributed by atoms with Crippen LogP contribution in [0, 0.1) is 13.8 Å². The SMILES string of the molecule is Cc1cc(Cl)cc([C@@H](O)C(=O)Nc2ccc(-n3nc(C)c4ncnc(N)c43)c(Cl)c2)c1. The van der Waals surface area contributed by atoms with Crippen LogP contribution in [0.1, 0.15) is 22.9 Å². The van der Waals surface area contributed by atoms with Crippen molar-refractivity contribution in [3.63, 3.8) is 0 Å². The molecule has 0 fully saturated rings. The minimum atomic E-state index is -1.38. The van der Waals surface area contributed by atoms with Gasteiger partial charge in [0.25, 0.3) is 5.91 Å². The highest BCUT2D eigenvalue weighted by atomic mass is 35.5. The molecule has 4 rings (SSSR count). The lowest BCUT2D eigenvalue weighted by Gasteiger charge is -2.14. The number of aliphatic hydroxyl groups excluding tert-OH is 1. The third-order valence-electron chi connectivity index (χ3n) is 4.73. The Kier molecular flexibility index (Phi) is 5.53. The zero-order valence-corrected chi connectivity index (χ0v) is 18.1. The van der Waals surface area contributed by atoms with E-state index in [-0.39, 0.29) is 5.82 Å². The fourth-order valence-corrected chi connectivity index (χ4v) is 3.89. The van der Waals surface area contributed by atoms with Gasteiger partial charge in [0, 0.05) is 10.7 Å². The van der Waals surface area contributed by atoms with Crippen molar-refractivity contribution in [3.8, 4) is 5.69 Å². The standard InChI is InChI=1S/C21H18Cl2N6O2/c1-10-5-12(7-13(22)6-10)19(30)21(31)27-14-3-4-16(15(23)8-14)29-18-17(11(2)28-29)25-9-26-20(18)24/h3-9,19,30H,1-2H3,(H,27,31)(H2,24,25,26)/t19-/m1/s1. The zero-order valence-electron chi connectivity index (χ0n) is 16.6. The van der Waals surface area contributed by atoms with Gasteiger partial charge in [0.2, 0.25) is 0 Å². The molecule has 0 aliphatic rings. The molecule has 0 saturated heterocycles. The molecule has 1 atom stereocenters. The molecule has 2 aromatic carbocycles. The number of amides is 1. The Bertz CT molecular complexity index is 1300. The predicted molar refractivity (Wildman–Crippen MR) is 121 cm³/mol. The molecule has 0 bridgehead atoms. The average Bonchev–Trinajstić information content (AvgIpc) is 3.04. The summed E-state index contributed by atoms with van der Waals surface area (Å²) in [6.45, 7) is 3.64. The summed E-state index contributed by atoms with van der Waals surface area (Å²) in [5.74, 6) is -0.331. The van der Waals surface area contributed by atoms with Gasteiger partial charge in [-0.1, -0.05) is 29.3 Å². The Labute approximate surface area is 187 Å². The number of benzene rings is 2. The zero-order chi connectivity index (χ0) is 22.3. The first kappa shape index (κ1) is 21.0. The maximum absolute atomic E-state index is 12.5. The topological polar surface area (TPSA) is 119 Å². The van der Waals surface area contributed by atoms with Gasteiger partial charge in [-0.15, -0.1) is 0 Å². The van der Waals surface area contributed by atoms with Gasteiger partial charge in [-0.25, -0.2) is 14.6 Å². The largest absolute Gasteiger partial charge is 0.382 e. The quantitative estimate of drug-likeness (QED) is 0.426. The molecular weight excluding hydrogens is 439 g/mol. The van der Waals surface area contributed by atoms with Crippen molar-refractivity contribution in [1.29, 1.82) is 0 Å². The minimum absolute atomic E-state index is 0.277. The van der Waals surface area contributed by atoms with Crippen LogP contribution in [0.2, 0.25) is 10.0 Å². The number of nitrogen functional groups attached to an aromatic ring is 1. The number of carbonyl (C=O) groups excluding carboxylic acids is 1. The van der Waals surface area contributed by atoms with Gasteiger partial charge in [0.1, 0.15) is 17.4 Å². The number of nitrogens with zero attached hydrogens (tertiary/aromatic N) is 4. The number of fused-ring (bicyclic) bond motifs is 1. The maximum atomic E-state index is 12.5. The summed E-state index contributed by atoms with van der Waals surface area (Å²) in [6.07, 6.45) is -0.00517. The molecule has 0 aliphatic heterocycles. The van der Waals surface area contributed by atoms with Gasteiger partial charge in [-0.2, -0.15) is 5.10 Å². The highest BCUT2D eigenvalue weighted by molar-refractivity contribution is 6.33. The molecule has 0 aliphatic carbocycles. The van der Waals surface area contributed by atoms with Crippen LogP contribution < -0.4 is 11.1 Å². The van der Waals surface area contributed by atoms with Gasteiger partial charge in [0.05, 0.1) is 16.4 Å². The number of hydrogen-bond donors (Lipinski definition) is 3. The molecule has 1 amide bonds. The summed E-state index contributed by atoms with van der Waals surface area (Å²) in [7, 11) is 0. The fraction of sp³-hybridized carbons (Fsp3) is 0.143. The van der Waals surface area contributed by atoms with E-state index in [4.69, 9.17) is 28.9 Å². The Morgan fingerprint density at radius 1 is 1.16 bits per heavy atom. The number of halogens is 2. The molecule has 4 N–H and O–H groups in total. The number of aromatic nitrogens is 4. The first-order valence-corrected chi connectivity index (χ1v) is 10.0. The number of anilines is 2. The first-order chi connectivity index (χ1) is 14.7. The smallest absolute Gasteiger partial charge is 0.257 e. The number of hydrogen-bond acceptors (Lipinski definition) is 6. The van der Waals surface area contributed by atoms with Gasteiger partial charge in [0.15, 0.2) is 11.9 Å². The molecule has 158 valence electrons. The number of rotatable bonds is 4. The summed E-state index contributed by atoms with van der Waals surface area (Å²) in [5, 5.41) is 18.3. The van der Waals surface area contributed by atoms with Gasteiger partial charge >= 0.3 is 0 Å². The summed E-state index contributed by atoms with van der Waals surface area (Å²) in [5.41, 5.74) is 10.1. The number of aliphatic hydroxyl groups is 1. The van der Waals surface area contributed by atoms with Crippen molar-refractivity contribution in [1.82, 2.24) is 19.7 Å². The molecule has 4 aromatic rings. The second-order valence-electron chi connectivity index (χ2n) is 7.07. The minimum Gasteiger partial charge on any atom is -0.382 e. The number of nitrogens with two attached hydrogens (primary N) is 1. The van der Waals surface area contributed by atoms with Crippen molar-refractivity contribution in [2.75, 3.05) is 11.1 Å². The van der Waals surface area contributed by atoms with E-state index in [0.29, 0.717) is 43.7 Å². The molecule has 0 radical (unpaired) electrons. The van der Waals surface area contributed by atoms with Gasteiger partial charge < -0.3 is 16.2 Å². The first-order valence-electron chi connectivity index (χ1n) is 9.26. The summed E-state index contributed by atoms with van der Waals surface area (Å²) in [4.78, 5) is 20.8. The van der Waals surface area contributed by atoms with Crippen LogP contribution in [0.25, 0.3) is 16.7 Å². The predicted octanol–water partition coefficient (Wildman–Crippen LogP) is 3.99. The normalized spacial score (nSPS) is 12.2. The Morgan fingerprint density at radius 3 is 2.65 bits per heavy atom.